The average molecular weight is 325 g/mol. The first-order valence-electron chi connectivity index (χ1n) is 8.76. The van der Waals surface area contributed by atoms with Crippen molar-refractivity contribution in [1.29, 1.82) is 0 Å². The fourth-order valence-corrected chi connectivity index (χ4v) is 3.54. The zero-order valence-corrected chi connectivity index (χ0v) is 13.6. The minimum atomic E-state index is -0.228. The van der Waals surface area contributed by atoms with E-state index in [2.05, 4.69) is 14.9 Å². The fourth-order valence-electron chi connectivity index (χ4n) is 3.54. The summed E-state index contributed by atoms with van der Waals surface area (Å²) in [5.41, 5.74) is 1.71. The molecular formula is C19H23N3O2. The van der Waals surface area contributed by atoms with E-state index in [0.29, 0.717) is 18.4 Å². The Morgan fingerprint density at radius 3 is 2.79 bits per heavy atom. The Morgan fingerprint density at radius 1 is 1.29 bits per heavy atom. The smallest absolute Gasteiger partial charge is 0.268 e. The number of nitrogens with zero attached hydrogens (tertiary/aromatic N) is 2. The van der Waals surface area contributed by atoms with Gasteiger partial charge in [-0.1, -0.05) is 6.07 Å². The molecule has 5 heteroatoms. The molecule has 2 fully saturated rings. The van der Waals surface area contributed by atoms with Crippen molar-refractivity contribution in [3.63, 3.8) is 0 Å². The predicted molar refractivity (Wildman–Crippen MR) is 90.6 cm³/mol. The van der Waals surface area contributed by atoms with E-state index in [0.717, 1.165) is 37.1 Å². The number of hydrogen-bond acceptors (Lipinski definition) is 3. The molecule has 24 heavy (non-hydrogen) atoms. The van der Waals surface area contributed by atoms with Crippen LogP contribution in [0.1, 0.15) is 47.9 Å². The van der Waals surface area contributed by atoms with Gasteiger partial charge in [0, 0.05) is 36.6 Å². The van der Waals surface area contributed by atoms with E-state index in [1.54, 1.807) is 6.20 Å². The highest BCUT2D eigenvalue weighted by molar-refractivity contribution is 5.93. The third kappa shape index (κ3) is 3.22. The normalized spacial score (nSPS) is 24.2. The van der Waals surface area contributed by atoms with Crippen LogP contribution in [0, 0.1) is 5.92 Å². The number of amides is 1. The highest BCUT2D eigenvalue weighted by atomic mass is 16.3. The van der Waals surface area contributed by atoms with Crippen molar-refractivity contribution in [2.45, 2.75) is 50.3 Å². The lowest BCUT2D eigenvalue weighted by atomic mass is 9.76. The second kappa shape index (κ2) is 6.40. The molecule has 0 unspecified atom stereocenters. The van der Waals surface area contributed by atoms with Crippen LogP contribution in [-0.2, 0) is 6.42 Å². The van der Waals surface area contributed by atoms with Crippen molar-refractivity contribution < 1.29 is 9.90 Å². The number of rotatable bonds is 6. The molecule has 2 N–H and O–H groups in total. The molecule has 0 spiro atoms. The van der Waals surface area contributed by atoms with Crippen molar-refractivity contribution in [2.75, 3.05) is 0 Å². The largest absolute Gasteiger partial charge is 0.393 e. The maximum absolute atomic E-state index is 12.8. The third-order valence-corrected chi connectivity index (χ3v) is 5.14. The van der Waals surface area contributed by atoms with Crippen LogP contribution >= 0.6 is 0 Å². The second-order valence-electron chi connectivity index (χ2n) is 7.02. The maximum atomic E-state index is 12.8. The third-order valence-electron chi connectivity index (χ3n) is 5.14. The summed E-state index contributed by atoms with van der Waals surface area (Å²) < 4.78 is 2.09. The number of nitrogens with one attached hydrogen (secondary N) is 1. The van der Waals surface area contributed by atoms with Gasteiger partial charge in [-0.3, -0.25) is 9.78 Å². The Morgan fingerprint density at radius 2 is 2.12 bits per heavy atom. The summed E-state index contributed by atoms with van der Waals surface area (Å²) in [6.45, 7) is 0. The molecule has 5 nitrogen and oxygen atoms in total. The van der Waals surface area contributed by atoms with Crippen molar-refractivity contribution >= 4 is 5.91 Å². The van der Waals surface area contributed by atoms with Crippen LogP contribution in [0.15, 0.2) is 42.7 Å². The van der Waals surface area contributed by atoms with Gasteiger partial charge >= 0.3 is 0 Å². The summed E-state index contributed by atoms with van der Waals surface area (Å²) in [5.74, 6) is 0.296. The number of aliphatic hydroxyl groups is 1. The summed E-state index contributed by atoms with van der Waals surface area (Å²) in [6.07, 6.45) is 8.06. The van der Waals surface area contributed by atoms with Gasteiger partial charge in [-0.25, -0.2) is 0 Å². The van der Waals surface area contributed by atoms with Gasteiger partial charge in [-0.15, -0.1) is 0 Å². The molecule has 2 saturated carbocycles. The van der Waals surface area contributed by atoms with E-state index in [4.69, 9.17) is 0 Å². The molecular weight excluding hydrogens is 302 g/mol. The Hall–Kier alpha value is -2.14. The van der Waals surface area contributed by atoms with Crippen molar-refractivity contribution in [3.8, 4) is 0 Å². The summed E-state index contributed by atoms with van der Waals surface area (Å²) in [7, 11) is 0. The summed E-state index contributed by atoms with van der Waals surface area (Å²) >= 11 is 0. The van der Waals surface area contributed by atoms with Gasteiger partial charge in [0.05, 0.1) is 6.10 Å². The molecule has 126 valence electrons. The first kappa shape index (κ1) is 15.4. The van der Waals surface area contributed by atoms with Crippen LogP contribution in [0.3, 0.4) is 0 Å². The number of hydrogen-bond donors (Lipinski definition) is 2. The molecule has 4 rings (SSSR count). The topological polar surface area (TPSA) is 67.2 Å². The summed E-state index contributed by atoms with van der Waals surface area (Å²) in [5, 5.41) is 12.8. The molecule has 0 radical (unpaired) electrons. The van der Waals surface area contributed by atoms with Crippen LogP contribution in [-0.4, -0.2) is 32.7 Å². The molecule has 2 aliphatic rings. The van der Waals surface area contributed by atoms with E-state index in [1.807, 2.05) is 36.5 Å². The highest BCUT2D eigenvalue weighted by Gasteiger charge is 2.36. The fraction of sp³-hybridized carbons (Fsp3) is 0.474. The van der Waals surface area contributed by atoms with E-state index >= 15 is 0 Å². The number of pyridine rings is 1. The van der Waals surface area contributed by atoms with E-state index < -0.39 is 0 Å². The molecule has 1 amide bonds. The lowest BCUT2D eigenvalue weighted by Gasteiger charge is -2.38. The standard InChI is InChI=1S/C19H23N3O2/c23-16-10-13(11-16)17(12-14-4-1-2-8-20-14)21-19(24)18-5-3-9-22(18)15-6-7-15/h1-5,8-9,13,15-17,23H,6-7,10-12H2,(H,21,24)/t13?,16?,17-/m1/s1. The van der Waals surface area contributed by atoms with Gasteiger partial charge in [0.2, 0.25) is 0 Å². The lowest BCUT2D eigenvalue weighted by Crippen LogP contribution is -2.48. The van der Waals surface area contributed by atoms with Gasteiger partial charge in [0.15, 0.2) is 0 Å². The lowest BCUT2D eigenvalue weighted by molar-refractivity contribution is 0.0237. The highest BCUT2D eigenvalue weighted by Crippen LogP contribution is 2.36. The van der Waals surface area contributed by atoms with Gasteiger partial charge in [0.25, 0.3) is 5.91 Å². The van der Waals surface area contributed by atoms with Crippen molar-refractivity contribution in [2.24, 2.45) is 5.92 Å². The monoisotopic (exact) mass is 325 g/mol. The zero-order valence-electron chi connectivity index (χ0n) is 13.6. The van der Waals surface area contributed by atoms with E-state index in [-0.39, 0.29) is 18.1 Å². The van der Waals surface area contributed by atoms with Gasteiger partial charge in [-0.05, 0) is 55.9 Å². The summed E-state index contributed by atoms with van der Waals surface area (Å²) in [4.78, 5) is 17.2. The van der Waals surface area contributed by atoms with Gasteiger partial charge in [-0.2, -0.15) is 0 Å². The Labute approximate surface area is 141 Å². The van der Waals surface area contributed by atoms with Crippen LogP contribution in [0.5, 0.6) is 0 Å². The molecule has 0 saturated heterocycles. The molecule has 0 aliphatic heterocycles. The second-order valence-corrected chi connectivity index (χ2v) is 7.02. The van der Waals surface area contributed by atoms with Crippen LogP contribution in [0.2, 0.25) is 0 Å². The molecule has 2 aromatic rings. The Balaban J connectivity index is 1.48. The first-order chi connectivity index (χ1) is 11.7. The van der Waals surface area contributed by atoms with Crippen LogP contribution in [0.4, 0.5) is 0 Å². The van der Waals surface area contributed by atoms with Crippen molar-refractivity contribution in [1.82, 2.24) is 14.9 Å². The number of aromatic nitrogens is 2. The number of carbonyl (C=O) groups is 1. The molecule has 2 heterocycles. The van der Waals surface area contributed by atoms with E-state index in [9.17, 15) is 9.90 Å². The number of carbonyl (C=O) groups excluding carboxylic acids is 1. The predicted octanol–water partition coefficient (Wildman–Crippen LogP) is 2.33. The zero-order chi connectivity index (χ0) is 16.5. The molecule has 1 atom stereocenters. The molecule has 0 bridgehead atoms. The minimum Gasteiger partial charge on any atom is -0.393 e. The average Bonchev–Trinajstić information content (AvgIpc) is 3.29. The van der Waals surface area contributed by atoms with Gasteiger partial charge < -0.3 is 15.0 Å². The Kier molecular flexibility index (Phi) is 4.10. The number of aliphatic hydroxyl groups excluding tert-OH is 1. The quantitative estimate of drug-likeness (QED) is 0.856. The van der Waals surface area contributed by atoms with Gasteiger partial charge in [0.1, 0.15) is 5.69 Å². The van der Waals surface area contributed by atoms with Crippen molar-refractivity contribution in [3.05, 3.63) is 54.1 Å². The van der Waals surface area contributed by atoms with E-state index in [1.165, 1.54) is 0 Å². The molecule has 0 aromatic carbocycles. The first-order valence-corrected chi connectivity index (χ1v) is 8.76. The molecule has 2 aromatic heterocycles. The minimum absolute atomic E-state index is 0.0124. The SMILES string of the molecule is O=C(N[C@H](Cc1ccccn1)C1CC(O)C1)c1cccn1C1CC1. The van der Waals surface area contributed by atoms with Crippen LogP contribution < -0.4 is 5.32 Å². The molecule has 2 aliphatic carbocycles. The van der Waals surface area contributed by atoms with Crippen LogP contribution in [0.25, 0.3) is 0 Å². The Bertz CT molecular complexity index is 702. The summed E-state index contributed by atoms with van der Waals surface area (Å²) in [6, 6.07) is 10.2. The maximum Gasteiger partial charge on any atom is 0.268 e.